The minimum absolute atomic E-state index is 0.122. The molecular formula is C10H12O3. The summed E-state index contributed by atoms with van der Waals surface area (Å²) in [5.41, 5.74) is 0. The monoisotopic (exact) mass is 180 g/mol. The Balaban J connectivity index is 2.20. The summed E-state index contributed by atoms with van der Waals surface area (Å²) < 4.78 is 10.4. The predicted molar refractivity (Wildman–Crippen MR) is 48.0 cm³/mol. The van der Waals surface area contributed by atoms with Crippen LogP contribution in [0.1, 0.15) is 11.5 Å². The third-order valence-electron chi connectivity index (χ3n) is 1.42. The van der Waals surface area contributed by atoms with Gasteiger partial charge in [-0.2, -0.15) is 0 Å². The molecule has 1 aromatic rings. The zero-order valence-electron chi connectivity index (χ0n) is 7.54. The van der Waals surface area contributed by atoms with Crippen LogP contribution in [0.15, 0.2) is 16.5 Å². The fourth-order valence-electron chi connectivity index (χ4n) is 0.872. The highest BCUT2D eigenvalue weighted by Crippen LogP contribution is 2.06. The minimum atomic E-state index is -0.122. The van der Waals surface area contributed by atoms with Gasteiger partial charge in [0, 0.05) is 0 Å². The average Bonchev–Trinajstić information content (AvgIpc) is 2.51. The van der Waals surface area contributed by atoms with Crippen LogP contribution in [0.2, 0.25) is 0 Å². The second-order valence-electron chi connectivity index (χ2n) is 2.52. The van der Waals surface area contributed by atoms with E-state index in [2.05, 4.69) is 11.8 Å². The van der Waals surface area contributed by atoms with Crippen molar-refractivity contribution in [3.05, 3.63) is 23.7 Å². The maximum absolute atomic E-state index is 8.34. The van der Waals surface area contributed by atoms with E-state index in [9.17, 15) is 0 Å². The second-order valence-corrected chi connectivity index (χ2v) is 2.52. The zero-order chi connectivity index (χ0) is 9.52. The third-order valence-corrected chi connectivity index (χ3v) is 1.42. The first-order valence-corrected chi connectivity index (χ1v) is 4.02. The zero-order valence-corrected chi connectivity index (χ0v) is 7.54. The van der Waals surface area contributed by atoms with E-state index in [0.717, 1.165) is 11.5 Å². The summed E-state index contributed by atoms with van der Waals surface area (Å²) in [4.78, 5) is 0. The first-order chi connectivity index (χ1) is 6.33. The number of rotatable bonds is 3. The molecule has 13 heavy (non-hydrogen) atoms. The summed E-state index contributed by atoms with van der Waals surface area (Å²) >= 11 is 0. The fraction of sp³-hybridized carbons (Fsp3) is 0.400. The molecule has 1 rings (SSSR count). The van der Waals surface area contributed by atoms with E-state index in [0.29, 0.717) is 13.2 Å². The Labute approximate surface area is 77.3 Å². The van der Waals surface area contributed by atoms with Crippen LogP contribution in [0.25, 0.3) is 0 Å². The topological polar surface area (TPSA) is 42.6 Å². The van der Waals surface area contributed by atoms with Crippen LogP contribution in [0, 0.1) is 18.8 Å². The molecule has 0 aliphatic heterocycles. The van der Waals surface area contributed by atoms with Crippen LogP contribution < -0.4 is 0 Å². The fourth-order valence-corrected chi connectivity index (χ4v) is 0.872. The lowest BCUT2D eigenvalue weighted by molar-refractivity contribution is 0.135. The molecule has 0 aliphatic rings. The lowest BCUT2D eigenvalue weighted by Crippen LogP contribution is -1.91. The summed E-state index contributed by atoms with van der Waals surface area (Å²) in [5.74, 6) is 6.81. The lowest BCUT2D eigenvalue weighted by atomic mass is 10.4. The Kier molecular flexibility index (Phi) is 4.10. The molecule has 3 nitrogen and oxygen atoms in total. The Morgan fingerprint density at radius 1 is 1.46 bits per heavy atom. The van der Waals surface area contributed by atoms with Gasteiger partial charge in [-0.3, -0.25) is 0 Å². The maximum Gasteiger partial charge on any atom is 0.129 e. The molecule has 0 aliphatic carbocycles. The van der Waals surface area contributed by atoms with Gasteiger partial charge in [-0.25, -0.2) is 0 Å². The van der Waals surface area contributed by atoms with Crippen molar-refractivity contribution in [3.8, 4) is 11.8 Å². The molecule has 0 unspecified atom stereocenters. The largest absolute Gasteiger partial charge is 0.464 e. The van der Waals surface area contributed by atoms with Gasteiger partial charge in [0.15, 0.2) is 0 Å². The molecule has 0 saturated carbocycles. The van der Waals surface area contributed by atoms with Gasteiger partial charge in [0.2, 0.25) is 0 Å². The van der Waals surface area contributed by atoms with E-state index in [4.69, 9.17) is 14.3 Å². The third kappa shape index (κ3) is 3.79. The smallest absolute Gasteiger partial charge is 0.129 e. The molecule has 0 atom stereocenters. The van der Waals surface area contributed by atoms with Crippen molar-refractivity contribution in [1.82, 2.24) is 0 Å². The number of ether oxygens (including phenoxy) is 1. The Hall–Kier alpha value is -1.24. The SMILES string of the molecule is Cc1ccc(COCC#CCO)o1. The van der Waals surface area contributed by atoms with Gasteiger partial charge in [0.1, 0.15) is 31.3 Å². The van der Waals surface area contributed by atoms with Crippen LogP contribution in [0.3, 0.4) is 0 Å². The molecule has 0 fully saturated rings. The number of aryl methyl sites for hydroxylation is 1. The van der Waals surface area contributed by atoms with Crippen molar-refractivity contribution in [3.63, 3.8) is 0 Å². The maximum atomic E-state index is 8.34. The first kappa shape index (κ1) is 9.85. The molecule has 1 N–H and O–H groups in total. The van der Waals surface area contributed by atoms with E-state index >= 15 is 0 Å². The number of hydrogen-bond acceptors (Lipinski definition) is 3. The molecule has 1 heterocycles. The molecule has 1 aromatic heterocycles. The number of hydrogen-bond donors (Lipinski definition) is 1. The van der Waals surface area contributed by atoms with Gasteiger partial charge in [0.05, 0.1) is 0 Å². The summed E-state index contributed by atoms with van der Waals surface area (Å²) in [6, 6.07) is 3.76. The number of aliphatic hydroxyl groups is 1. The predicted octanol–water partition coefficient (Wildman–Crippen LogP) is 1.10. The highest BCUT2D eigenvalue weighted by molar-refractivity contribution is 5.04. The summed E-state index contributed by atoms with van der Waals surface area (Å²) in [7, 11) is 0. The van der Waals surface area contributed by atoms with Crippen LogP contribution in [0.4, 0.5) is 0 Å². The summed E-state index contributed by atoms with van der Waals surface area (Å²) in [5, 5.41) is 8.34. The van der Waals surface area contributed by atoms with Gasteiger partial charge < -0.3 is 14.3 Å². The first-order valence-electron chi connectivity index (χ1n) is 4.02. The van der Waals surface area contributed by atoms with Crippen LogP contribution >= 0.6 is 0 Å². The second kappa shape index (κ2) is 5.41. The lowest BCUT2D eigenvalue weighted by Gasteiger charge is -1.94. The van der Waals surface area contributed by atoms with Crippen molar-refractivity contribution >= 4 is 0 Å². The van der Waals surface area contributed by atoms with Crippen LogP contribution in [0.5, 0.6) is 0 Å². The van der Waals surface area contributed by atoms with Crippen LogP contribution in [-0.4, -0.2) is 18.3 Å². The van der Waals surface area contributed by atoms with Gasteiger partial charge in [-0.05, 0) is 19.1 Å². The Morgan fingerprint density at radius 2 is 2.31 bits per heavy atom. The normalized spacial score (nSPS) is 9.38. The van der Waals surface area contributed by atoms with Crippen molar-refractivity contribution in [2.24, 2.45) is 0 Å². The van der Waals surface area contributed by atoms with Crippen molar-refractivity contribution in [2.45, 2.75) is 13.5 Å². The van der Waals surface area contributed by atoms with Gasteiger partial charge in [0.25, 0.3) is 0 Å². The van der Waals surface area contributed by atoms with Gasteiger partial charge in [-0.15, -0.1) is 0 Å². The molecule has 3 heteroatoms. The van der Waals surface area contributed by atoms with Gasteiger partial charge >= 0.3 is 0 Å². The van der Waals surface area contributed by atoms with Crippen molar-refractivity contribution in [2.75, 3.05) is 13.2 Å². The molecule has 0 saturated heterocycles. The molecule has 0 bridgehead atoms. The van der Waals surface area contributed by atoms with Gasteiger partial charge in [-0.1, -0.05) is 11.8 Å². The highest BCUT2D eigenvalue weighted by atomic mass is 16.5. The molecule has 0 radical (unpaired) electrons. The quantitative estimate of drug-likeness (QED) is 0.559. The Morgan fingerprint density at radius 3 is 2.92 bits per heavy atom. The number of aliphatic hydroxyl groups excluding tert-OH is 1. The molecule has 0 spiro atoms. The van der Waals surface area contributed by atoms with E-state index in [1.165, 1.54) is 0 Å². The van der Waals surface area contributed by atoms with Crippen molar-refractivity contribution in [1.29, 1.82) is 0 Å². The minimum Gasteiger partial charge on any atom is -0.464 e. The van der Waals surface area contributed by atoms with E-state index in [-0.39, 0.29) is 6.61 Å². The molecule has 0 aromatic carbocycles. The Bertz CT molecular complexity index is 303. The standard InChI is InChI=1S/C10H12O3/c1-9-4-5-10(13-9)8-12-7-3-2-6-11/h4-5,11H,6-8H2,1H3. The molecule has 0 amide bonds. The highest BCUT2D eigenvalue weighted by Gasteiger charge is 1.96. The number of furan rings is 1. The summed E-state index contributed by atoms with van der Waals surface area (Å²) in [6.45, 7) is 2.51. The summed E-state index contributed by atoms with van der Waals surface area (Å²) in [6.07, 6.45) is 0. The molecule has 70 valence electrons. The van der Waals surface area contributed by atoms with E-state index in [1.807, 2.05) is 19.1 Å². The average molecular weight is 180 g/mol. The van der Waals surface area contributed by atoms with E-state index in [1.54, 1.807) is 0 Å². The van der Waals surface area contributed by atoms with E-state index < -0.39 is 0 Å². The van der Waals surface area contributed by atoms with Crippen LogP contribution in [-0.2, 0) is 11.3 Å². The molecular weight excluding hydrogens is 168 g/mol. The van der Waals surface area contributed by atoms with Crippen molar-refractivity contribution < 1.29 is 14.3 Å².